The molecule has 0 amide bonds. The van der Waals surface area contributed by atoms with Crippen LogP contribution in [0.25, 0.3) is 0 Å². The Labute approximate surface area is 171 Å². The molecule has 1 saturated heterocycles. The van der Waals surface area contributed by atoms with Crippen LogP contribution >= 0.6 is 35.6 Å². The number of nitrogens with one attached hydrogen (secondary N) is 2. The van der Waals surface area contributed by atoms with E-state index in [2.05, 4.69) is 21.5 Å². The Kier molecular flexibility index (Phi) is 9.39. The molecule has 2 N–H and O–H groups in total. The number of nitrogens with zero attached hydrogens (tertiary/aromatic N) is 1. The Hall–Kier alpha value is -1.17. The van der Waals surface area contributed by atoms with E-state index in [1.807, 2.05) is 18.2 Å². The quantitative estimate of drug-likeness (QED) is 0.296. The van der Waals surface area contributed by atoms with Gasteiger partial charge in [0, 0.05) is 42.8 Å². The Balaban J connectivity index is 0.00000312. The maximum atomic E-state index is 6.25. The number of methoxy groups -OCH3 is 1. The number of halogens is 2. The summed E-state index contributed by atoms with van der Waals surface area (Å²) in [6.07, 6.45) is 7.05. The molecule has 1 fully saturated rings. The smallest absolute Gasteiger partial charge is 0.191 e. The van der Waals surface area contributed by atoms with Crippen LogP contribution in [0.2, 0.25) is 5.02 Å². The summed E-state index contributed by atoms with van der Waals surface area (Å²) < 4.78 is 11.2. The molecule has 1 aliphatic heterocycles. The highest BCUT2D eigenvalue weighted by atomic mass is 127. The number of guanidine groups is 1. The summed E-state index contributed by atoms with van der Waals surface area (Å²) >= 11 is 6.25. The van der Waals surface area contributed by atoms with Crippen LogP contribution in [0.3, 0.4) is 0 Å². The first kappa shape index (κ1) is 21.9. The molecule has 2 rings (SSSR count). The van der Waals surface area contributed by atoms with Crippen LogP contribution in [0.4, 0.5) is 0 Å². The minimum atomic E-state index is -0.137. The number of ether oxygens (including phenoxy) is 2. The number of aliphatic imine (C=N–C) groups is 1. The van der Waals surface area contributed by atoms with Gasteiger partial charge in [-0.25, -0.2) is 0 Å². The molecule has 0 aliphatic carbocycles. The van der Waals surface area contributed by atoms with Crippen molar-refractivity contribution >= 4 is 41.5 Å². The Morgan fingerprint density at radius 2 is 2.12 bits per heavy atom. The van der Waals surface area contributed by atoms with Crippen LogP contribution in [-0.2, 0) is 10.2 Å². The second kappa shape index (κ2) is 10.7. The fourth-order valence-corrected chi connectivity index (χ4v) is 3.18. The zero-order valence-corrected chi connectivity index (χ0v) is 17.7. The molecule has 7 heteroatoms. The number of benzene rings is 1. The molecule has 0 spiro atoms. The summed E-state index contributed by atoms with van der Waals surface area (Å²) in [7, 11) is 3.41. The van der Waals surface area contributed by atoms with Crippen molar-refractivity contribution in [3.8, 4) is 18.1 Å². The molecular weight excluding hydrogens is 453 g/mol. The third kappa shape index (κ3) is 5.66. The van der Waals surface area contributed by atoms with E-state index in [0.29, 0.717) is 37.3 Å². The standard InChI is InChI=1S/C18H24ClN3O2.HI/c1-4-9-21-17(20-2)22-13-18(7-10-24-11-8-18)15-12-14(19)5-6-16(15)23-3;/h1,5-6,12H,7-11,13H2,2-3H3,(H2,20,21,22);1H. The third-order valence-electron chi connectivity index (χ3n) is 4.36. The van der Waals surface area contributed by atoms with Crippen molar-refractivity contribution in [3.05, 3.63) is 28.8 Å². The van der Waals surface area contributed by atoms with Gasteiger partial charge < -0.3 is 20.1 Å². The Morgan fingerprint density at radius 3 is 2.72 bits per heavy atom. The molecule has 0 bridgehead atoms. The SMILES string of the molecule is C#CCNC(=NC)NCC1(c2cc(Cl)ccc2OC)CCOCC1.I. The number of rotatable bonds is 5. The highest BCUT2D eigenvalue weighted by Crippen LogP contribution is 2.40. The van der Waals surface area contributed by atoms with Gasteiger partial charge in [0.05, 0.1) is 13.7 Å². The van der Waals surface area contributed by atoms with Crippen LogP contribution in [0.5, 0.6) is 5.75 Å². The lowest BCUT2D eigenvalue weighted by Gasteiger charge is -2.39. The summed E-state index contributed by atoms with van der Waals surface area (Å²) in [5.41, 5.74) is 0.961. The first-order valence-electron chi connectivity index (χ1n) is 7.95. The van der Waals surface area contributed by atoms with Crippen molar-refractivity contribution in [2.24, 2.45) is 4.99 Å². The van der Waals surface area contributed by atoms with Gasteiger partial charge in [0.1, 0.15) is 5.75 Å². The first-order chi connectivity index (χ1) is 11.6. The van der Waals surface area contributed by atoms with E-state index in [9.17, 15) is 0 Å². The number of hydrogen-bond donors (Lipinski definition) is 2. The van der Waals surface area contributed by atoms with Gasteiger partial charge in [-0.3, -0.25) is 4.99 Å². The lowest BCUT2D eigenvalue weighted by Crippen LogP contribution is -2.48. The fourth-order valence-electron chi connectivity index (χ4n) is 3.01. The Morgan fingerprint density at radius 1 is 1.40 bits per heavy atom. The molecule has 1 heterocycles. The number of hydrogen-bond acceptors (Lipinski definition) is 3. The minimum Gasteiger partial charge on any atom is -0.496 e. The molecule has 25 heavy (non-hydrogen) atoms. The average Bonchev–Trinajstić information content (AvgIpc) is 2.62. The van der Waals surface area contributed by atoms with E-state index in [1.165, 1.54) is 0 Å². The molecule has 1 aromatic carbocycles. The monoisotopic (exact) mass is 477 g/mol. The molecule has 138 valence electrons. The van der Waals surface area contributed by atoms with Crippen LogP contribution in [0, 0.1) is 12.3 Å². The van der Waals surface area contributed by atoms with Crippen molar-refractivity contribution in [2.75, 3.05) is 40.5 Å². The summed E-state index contributed by atoms with van der Waals surface area (Å²) in [5.74, 6) is 4.07. The molecule has 1 aromatic rings. The summed E-state index contributed by atoms with van der Waals surface area (Å²) in [4.78, 5) is 4.21. The molecule has 0 unspecified atom stereocenters. The van der Waals surface area contributed by atoms with E-state index in [1.54, 1.807) is 14.2 Å². The van der Waals surface area contributed by atoms with E-state index < -0.39 is 0 Å². The van der Waals surface area contributed by atoms with E-state index in [4.69, 9.17) is 27.5 Å². The second-order valence-corrected chi connectivity index (χ2v) is 6.16. The molecule has 0 aromatic heterocycles. The maximum Gasteiger partial charge on any atom is 0.191 e. The third-order valence-corrected chi connectivity index (χ3v) is 4.59. The molecule has 0 saturated carbocycles. The summed E-state index contributed by atoms with van der Waals surface area (Å²) in [5, 5.41) is 7.16. The number of terminal acetylenes is 1. The molecule has 1 aliphatic rings. The molecular formula is C18H25ClIN3O2. The van der Waals surface area contributed by atoms with Crippen molar-refractivity contribution in [1.29, 1.82) is 0 Å². The predicted octanol–water partition coefficient (Wildman–Crippen LogP) is 2.81. The largest absolute Gasteiger partial charge is 0.496 e. The highest BCUT2D eigenvalue weighted by Gasteiger charge is 2.37. The van der Waals surface area contributed by atoms with Gasteiger partial charge in [-0.2, -0.15) is 0 Å². The van der Waals surface area contributed by atoms with Gasteiger partial charge in [-0.1, -0.05) is 17.5 Å². The fraction of sp³-hybridized carbons (Fsp3) is 0.500. The van der Waals surface area contributed by atoms with Gasteiger partial charge in [-0.15, -0.1) is 30.4 Å². The summed E-state index contributed by atoms with van der Waals surface area (Å²) in [6.45, 7) is 2.52. The van der Waals surface area contributed by atoms with Gasteiger partial charge >= 0.3 is 0 Å². The topological polar surface area (TPSA) is 54.9 Å². The zero-order chi connectivity index (χ0) is 17.4. The van der Waals surface area contributed by atoms with Crippen molar-refractivity contribution in [3.63, 3.8) is 0 Å². The van der Waals surface area contributed by atoms with Crippen LogP contribution < -0.4 is 15.4 Å². The summed E-state index contributed by atoms with van der Waals surface area (Å²) in [6, 6.07) is 5.75. The van der Waals surface area contributed by atoms with Crippen LogP contribution in [0.15, 0.2) is 23.2 Å². The Bertz CT molecular complexity index is 625. The second-order valence-electron chi connectivity index (χ2n) is 5.72. The van der Waals surface area contributed by atoms with Crippen LogP contribution in [-0.4, -0.2) is 46.4 Å². The van der Waals surface area contributed by atoms with E-state index in [-0.39, 0.29) is 29.4 Å². The maximum absolute atomic E-state index is 6.25. The highest BCUT2D eigenvalue weighted by molar-refractivity contribution is 14.0. The van der Waals surface area contributed by atoms with Gasteiger partial charge in [0.15, 0.2) is 5.96 Å². The lowest BCUT2D eigenvalue weighted by molar-refractivity contribution is 0.0505. The molecule has 0 radical (unpaired) electrons. The van der Waals surface area contributed by atoms with Gasteiger partial charge in [0.2, 0.25) is 0 Å². The van der Waals surface area contributed by atoms with E-state index in [0.717, 1.165) is 24.2 Å². The van der Waals surface area contributed by atoms with Gasteiger partial charge in [0.25, 0.3) is 0 Å². The predicted molar refractivity (Wildman–Crippen MR) is 113 cm³/mol. The normalized spacial score (nSPS) is 16.3. The minimum absolute atomic E-state index is 0. The van der Waals surface area contributed by atoms with E-state index >= 15 is 0 Å². The molecule has 0 atom stereocenters. The van der Waals surface area contributed by atoms with Crippen molar-refractivity contribution in [2.45, 2.75) is 18.3 Å². The lowest BCUT2D eigenvalue weighted by atomic mass is 9.73. The first-order valence-corrected chi connectivity index (χ1v) is 8.33. The van der Waals surface area contributed by atoms with Crippen LogP contribution in [0.1, 0.15) is 18.4 Å². The average molecular weight is 478 g/mol. The molecule has 5 nitrogen and oxygen atoms in total. The van der Waals surface area contributed by atoms with Crippen molar-refractivity contribution in [1.82, 2.24) is 10.6 Å². The van der Waals surface area contributed by atoms with Crippen molar-refractivity contribution < 1.29 is 9.47 Å². The zero-order valence-electron chi connectivity index (χ0n) is 14.6. The van der Waals surface area contributed by atoms with Gasteiger partial charge in [-0.05, 0) is 31.0 Å².